The summed E-state index contributed by atoms with van der Waals surface area (Å²) in [6.07, 6.45) is 1.62. The second-order valence-electron chi connectivity index (χ2n) is 2.79. The molecular weight excluding hydrogens is 172 g/mol. The quantitative estimate of drug-likeness (QED) is 0.710. The maximum Gasteiger partial charge on any atom is 0.146 e. The van der Waals surface area contributed by atoms with E-state index in [1.807, 2.05) is 0 Å². The predicted molar refractivity (Wildman–Crippen MR) is 49.6 cm³/mol. The van der Waals surface area contributed by atoms with Crippen LogP contribution in [0.1, 0.15) is 6.92 Å². The fourth-order valence-electron chi connectivity index (χ4n) is 0.912. The van der Waals surface area contributed by atoms with Gasteiger partial charge in [0, 0.05) is 6.04 Å². The first kappa shape index (κ1) is 9.71. The summed E-state index contributed by atoms with van der Waals surface area (Å²) in [5.41, 5.74) is 0.160. The summed E-state index contributed by atoms with van der Waals surface area (Å²) in [7, 11) is 0. The molecule has 0 spiro atoms. The third kappa shape index (κ3) is 2.54. The molecule has 0 amide bonds. The van der Waals surface area contributed by atoms with Gasteiger partial charge in [0.1, 0.15) is 11.6 Å². The molecule has 0 saturated carbocycles. The van der Waals surface area contributed by atoms with E-state index >= 15 is 0 Å². The minimum absolute atomic E-state index is 0.0868. The van der Waals surface area contributed by atoms with Crippen molar-refractivity contribution in [2.45, 2.75) is 13.0 Å². The van der Waals surface area contributed by atoms with Gasteiger partial charge in [0.15, 0.2) is 0 Å². The topological polar surface area (TPSA) is 12.0 Å². The Bertz CT molecular complexity index is 310. The van der Waals surface area contributed by atoms with Crippen molar-refractivity contribution in [2.24, 2.45) is 0 Å². The van der Waals surface area contributed by atoms with E-state index in [0.29, 0.717) is 0 Å². The van der Waals surface area contributed by atoms with Crippen LogP contribution in [0.15, 0.2) is 30.9 Å². The van der Waals surface area contributed by atoms with Crippen LogP contribution in [0.2, 0.25) is 0 Å². The maximum absolute atomic E-state index is 13.0. The summed E-state index contributed by atoms with van der Waals surface area (Å²) in [6.45, 7) is 5.33. The monoisotopic (exact) mass is 183 g/mol. The number of halogens is 2. The number of benzene rings is 1. The van der Waals surface area contributed by atoms with Crippen molar-refractivity contribution in [1.29, 1.82) is 0 Å². The van der Waals surface area contributed by atoms with Gasteiger partial charge in [-0.3, -0.25) is 0 Å². The van der Waals surface area contributed by atoms with Crippen LogP contribution in [0.5, 0.6) is 0 Å². The smallest absolute Gasteiger partial charge is 0.146 e. The van der Waals surface area contributed by atoms with Gasteiger partial charge in [0.2, 0.25) is 0 Å². The highest BCUT2D eigenvalue weighted by molar-refractivity contribution is 5.46. The summed E-state index contributed by atoms with van der Waals surface area (Å²) < 4.78 is 25.7. The first-order valence-electron chi connectivity index (χ1n) is 3.97. The zero-order chi connectivity index (χ0) is 9.84. The lowest BCUT2D eigenvalue weighted by Gasteiger charge is -2.11. The Kier molecular flexibility index (Phi) is 3.01. The van der Waals surface area contributed by atoms with Crippen LogP contribution in [0, 0.1) is 11.6 Å². The molecular formula is C10H11F2N. The molecule has 0 aromatic heterocycles. The van der Waals surface area contributed by atoms with Crippen molar-refractivity contribution >= 4 is 5.69 Å². The van der Waals surface area contributed by atoms with Crippen molar-refractivity contribution in [3.8, 4) is 0 Å². The van der Waals surface area contributed by atoms with E-state index in [0.717, 1.165) is 18.2 Å². The molecule has 70 valence electrons. The minimum atomic E-state index is -0.463. The third-order valence-electron chi connectivity index (χ3n) is 1.67. The molecule has 1 rings (SSSR count). The van der Waals surface area contributed by atoms with Crippen molar-refractivity contribution in [3.05, 3.63) is 42.5 Å². The fourth-order valence-corrected chi connectivity index (χ4v) is 0.912. The second kappa shape index (κ2) is 4.03. The highest BCUT2D eigenvalue weighted by Crippen LogP contribution is 2.16. The summed E-state index contributed by atoms with van der Waals surface area (Å²) in [5.74, 6) is -0.921. The highest BCUT2D eigenvalue weighted by Gasteiger charge is 2.04. The van der Waals surface area contributed by atoms with Crippen molar-refractivity contribution < 1.29 is 8.78 Å². The Morgan fingerprint density at radius 2 is 2.15 bits per heavy atom. The van der Waals surface area contributed by atoms with Gasteiger partial charge in [0.05, 0.1) is 5.69 Å². The van der Waals surface area contributed by atoms with Crippen LogP contribution in [0.25, 0.3) is 0 Å². The molecule has 0 bridgehead atoms. The fraction of sp³-hybridized carbons (Fsp3) is 0.200. The Morgan fingerprint density at radius 3 is 2.77 bits per heavy atom. The van der Waals surface area contributed by atoms with Gasteiger partial charge in [-0.15, -0.1) is 6.58 Å². The molecule has 13 heavy (non-hydrogen) atoms. The van der Waals surface area contributed by atoms with Crippen LogP contribution in [-0.2, 0) is 0 Å². The largest absolute Gasteiger partial charge is 0.377 e. The molecule has 1 aromatic carbocycles. The molecule has 0 aliphatic carbocycles. The van der Waals surface area contributed by atoms with E-state index in [9.17, 15) is 8.78 Å². The molecule has 0 aliphatic rings. The number of nitrogens with one attached hydrogen (secondary N) is 1. The summed E-state index contributed by atoms with van der Waals surface area (Å²) in [6, 6.07) is 3.21. The number of hydrogen-bond donors (Lipinski definition) is 1. The summed E-state index contributed by atoms with van der Waals surface area (Å²) in [5, 5.41) is 2.77. The molecule has 1 N–H and O–H groups in total. The van der Waals surface area contributed by atoms with Gasteiger partial charge in [-0.25, -0.2) is 8.78 Å². The van der Waals surface area contributed by atoms with E-state index < -0.39 is 11.6 Å². The highest BCUT2D eigenvalue weighted by atomic mass is 19.1. The Hall–Kier alpha value is -1.38. The second-order valence-corrected chi connectivity index (χ2v) is 2.79. The molecule has 1 nitrogen and oxygen atoms in total. The average Bonchev–Trinajstić information content (AvgIpc) is 2.11. The third-order valence-corrected chi connectivity index (χ3v) is 1.67. The lowest BCUT2D eigenvalue weighted by molar-refractivity contribution is 0.601. The zero-order valence-corrected chi connectivity index (χ0v) is 7.35. The molecule has 1 aromatic rings. The molecule has 0 radical (unpaired) electrons. The van der Waals surface area contributed by atoms with Crippen LogP contribution in [0.4, 0.5) is 14.5 Å². The normalized spacial score (nSPS) is 12.2. The summed E-state index contributed by atoms with van der Waals surface area (Å²) >= 11 is 0. The molecule has 0 fully saturated rings. The number of anilines is 1. The summed E-state index contributed by atoms with van der Waals surface area (Å²) in [4.78, 5) is 0. The molecule has 1 unspecified atom stereocenters. The van der Waals surface area contributed by atoms with Gasteiger partial charge >= 0.3 is 0 Å². The Balaban J connectivity index is 2.86. The first-order valence-corrected chi connectivity index (χ1v) is 3.97. The van der Waals surface area contributed by atoms with E-state index in [1.165, 1.54) is 0 Å². The van der Waals surface area contributed by atoms with Crippen LogP contribution >= 0.6 is 0 Å². The van der Waals surface area contributed by atoms with Crippen LogP contribution < -0.4 is 5.32 Å². The first-order chi connectivity index (χ1) is 6.13. The van der Waals surface area contributed by atoms with Gasteiger partial charge in [-0.2, -0.15) is 0 Å². The van der Waals surface area contributed by atoms with E-state index in [4.69, 9.17) is 0 Å². The van der Waals surface area contributed by atoms with E-state index in [2.05, 4.69) is 11.9 Å². The number of rotatable bonds is 3. The van der Waals surface area contributed by atoms with E-state index in [-0.39, 0.29) is 11.7 Å². The van der Waals surface area contributed by atoms with Crippen LogP contribution in [-0.4, -0.2) is 6.04 Å². The standard InChI is InChI=1S/C10H11F2N/c1-3-7(2)13-10-6-8(11)4-5-9(10)12/h3-7,13H,1H2,2H3. The zero-order valence-electron chi connectivity index (χ0n) is 7.35. The molecule has 0 aliphatic heterocycles. The lowest BCUT2D eigenvalue weighted by Crippen LogP contribution is -2.12. The number of hydrogen-bond acceptors (Lipinski definition) is 1. The predicted octanol–water partition coefficient (Wildman–Crippen LogP) is 2.95. The van der Waals surface area contributed by atoms with Crippen molar-refractivity contribution in [1.82, 2.24) is 0 Å². The van der Waals surface area contributed by atoms with Crippen molar-refractivity contribution in [2.75, 3.05) is 5.32 Å². The van der Waals surface area contributed by atoms with Gasteiger partial charge in [0.25, 0.3) is 0 Å². The average molecular weight is 183 g/mol. The molecule has 1 atom stereocenters. The minimum Gasteiger partial charge on any atom is -0.377 e. The Morgan fingerprint density at radius 1 is 1.46 bits per heavy atom. The maximum atomic E-state index is 13.0. The molecule has 0 heterocycles. The van der Waals surface area contributed by atoms with Crippen LogP contribution in [0.3, 0.4) is 0 Å². The lowest BCUT2D eigenvalue weighted by atomic mass is 10.2. The van der Waals surface area contributed by atoms with Crippen molar-refractivity contribution in [3.63, 3.8) is 0 Å². The van der Waals surface area contributed by atoms with Gasteiger partial charge in [-0.05, 0) is 25.1 Å². The molecule has 3 heteroatoms. The van der Waals surface area contributed by atoms with Gasteiger partial charge in [-0.1, -0.05) is 6.08 Å². The van der Waals surface area contributed by atoms with E-state index in [1.54, 1.807) is 13.0 Å². The SMILES string of the molecule is C=CC(C)Nc1cc(F)ccc1F. The molecule has 0 saturated heterocycles. The Labute approximate surface area is 76.1 Å². The van der Waals surface area contributed by atoms with Gasteiger partial charge < -0.3 is 5.32 Å².